The van der Waals surface area contributed by atoms with Crippen LogP contribution in [0.2, 0.25) is 5.02 Å². The van der Waals surface area contributed by atoms with E-state index >= 15 is 0 Å². The Balaban J connectivity index is 2.21. The molecule has 1 amide bonds. The van der Waals surface area contributed by atoms with Crippen molar-refractivity contribution >= 4 is 23.2 Å². The number of anilines is 1. The highest BCUT2D eigenvalue weighted by molar-refractivity contribution is 6.31. The lowest BCUT2D eigenvalue weighted by molar-refractivity contribution is 0.0785. The third-order valence-corrected chi connectivity index (χ3v) is 3.25. The van der Waals surface area contributed by atoms with Gasteiger partial charge in [-0.2, -0.15) is 0 Å². The minimum absolute atomic E-state index is 0.00308. The Hall–Kier alpha value is -2.14. The van der Waals surface area contributed by atoms with Crippen LogP contribution < -0.4 is 5.73 Å². The van der Waals surface area contributed by atoms with Gasteiger partial charge in [0.25, 0.3) is 5.91 Å². The summed E-state index contributed by atoms with van der Waals surface area (Å²) in [5, 5.41) is 0.383. The maximum atomic E-state index is 13.6. The van der Waals surface area contributed by atoms with Crippen LogP contribution in [0.4, 0.5) is 14.5 Å². The summed E-state index contributed by atoms with van der Waals surface area (Å²) < 4.78 is 26.5. The molecule has 0 heterocycles. The lowest BCUT2D eigenvalue weighted by atomic mass is 10.1. The normalized spacial score (nSPS) is 10.5. The molecule has 0 fully saturated rings. The van der Waals surface area contributed by atoms with Crippen LogP contribution >= 0.6 is 11.6 Å². The zero-order valence-electron chi connectivity index (χ0n) is 11.2. The molecule has 0 atom stereocenters. The zero-order valence-corrected chi connectivity index (χ0v) is 12.0. The predicted octanol–water partition coefficient (Wildman–Crippen LogP) is 3.47. The zero-order chi connectivity index (χ0) is 15.6. The Morgan fingerprint density at radius 2 is 1.95 bits per heavy atom. The van der Waals surface area contributed by atoms with E-state index in [2.05, 4.69) is 0 Å². The SMILES string of the molecule is CN(Cc1ccc(F)cc1F)C(=O)c1cc(Cl)ccc1N. The number of carbonyl (C=O) groups is 1. The lowest BCUT2D eigenvalue weighted by Crippen LogP contribution is -2.27. The number of nitrogens with zero attached hydrogens (tertiary/aromatic N) is 1. The molecule has 0 aliphatic carbocycles. The Bertz CT molecular complexity index is 691. The van der Waals surface area contributed by atoms with E-state index in [-0.39, 0.29) is 23.4 Å². The van der Waals surface area contributed by atoms with Crippen molar-refractivity contribution in [2.45, 2.75) is 6.54 Å². The molecule has 0 aliphatic rings. The van der Waals surface area contributed by atoms with Crippen molar-refractivity contribution in [2.24, 2.45) is 0 Å². The summed E-state index contributed by atoms with van der Waals surface area (Å²) in [5.41, 5.74) is 6.49. The molecule has 0 aromatic heterocycles. The molecular formula is C15H13ClF2N2O. The summed E-state index contributed by atoms with van der Waals surface area (Å²) in [6.45, 7) is -0.00308. The van der Waals surface area contributed by atoms with Gasteiger partial charge in [-0.3, -0.25) is 4.79 Å². The molecule has 0 radical (unpaired) electrons. The first-order valence-electron chi connectivity index (χ1n) is 6.13. The van der Waals surface area contributed by atoms with Crippen LogP contribution in [0.25, 0.3) is 0 Å². The van der Waals surface area contributed by atoms with E-state index in [1.54, 1.807) is 6.07 Å². The number of hydrogen-bond donors (Lipinski definition) is 1. The molecule has 0 aliphatic heterocycles. The molecule has 0 saturated heterocycles. The van der Waals surface area contributed by atoms with E-state index in [9.17, 15) is 13.6 Å². The molecule has 0 saturated carbocycles. The summed E-state index contributed by atoms with van der Waals surface area (Å²) in [6, 6.07) is 7.79. The molecule has 3 nitrogen and oxygen atoms in total. The second kappa shape index (κ2) is 6.10. The molecule has 6 heteroatoms. The van der Waals surface area contributed by atoms with E-state index in [4.69, 9.17) is 17.3 Å². The van der Waals surface area contributed by atoms with E-state index < -0.39 is 17.5 Å². The van der Waals surface area contributed by atoms with E-state index in [1.165, 1.54) is 30.1 Å². The summed E-state index contributed by atoms with van der Waals surface area (Å²) in [7, 11) is 1.51. The van der Waals surface area contributed by atoms with Crippen molar-refractivity contribution in [3.05, 3.63) is 64.2 Å². The van der Waals surface area contributed by atoms with Gasteiger partial charge in [-0.15, -0.1) is 0 Å². The highest BCUT2D eigenvalue weighted by Gasteiger charge is 2.17. The second-order valence-corrected chi connectivity index (χ2v) is 5.06. The monoisotopic (exact) mass is 310 g/mol. The summed E-state index contributed by atoms with van der Waals surface area (Å²) in [6.07, 6.45) is 0. The summed E-state index contributed by atoms with van der Waals surface area (Å²) in [4.78, 5) is 13.6. The number of hydrogen-bond acceptors (Lipinski definition) is 2. The van der Waals surface area contributed by atoms with Crippen LogP contribution in [0.15, 0.2) is 36.4 Å². The van der Waals surface area contributed by atoms with Gasteiger partial charge in [-0.25, -0.2) is 8.78 Å². The Labute approximate surface area is 125 Å². The Morgan fingerprint density at radius 3 is 2.62 bits per heavy atom. The fourth-order valence-corrected chi connectivity index (χ4v) is 2.07. The minimum atomic E-state index is -0.700. The number of halogens is 3. The smallest absolute Gasteiger partial charge is 0.256 e. The number of benzene rings is 2. The molecule has 0 unspecified atom stereocenters. The van der Waals surface area contributed by atoms with Gasteiger partial charge in [-0.05, 0) is 24.3 Å². The highest BCUT2D eigenvalue weighted by Crippen LogP contribution is 2.20. The molecule has 110 valence electrons. The first-order valence-corrected chi connectivity index (χ1v) is 6.50. The molecule has 2 aromatic rings. The van der Waals surface area contributed by atoms with Gasteiger partial charge >= 0.3 is 0 Å². The second-order valence-electron chi connectivity index (χ2n) is 4.63. The average molecular weight is 311 g/mol. The average Bonchev–Trinajstić information content (AvgIpc) is 2.43. The number of nitrogen functional groups attached to an aromatic ring is 1. The van der Waals surface area contributed by atoms with Crippen LogP contribution in [-0.4, -0.2) is 17.9 Å². The van der Waals surface area contributed by atoms with Gasteiger partial charge in [0.1, 0.15) is 11.6 Å². The predicted molar refractivity (Wildman–Crippen MR) is 78.0 cm³/mol. The van der Waals surface area contributed by atoms with Gasteiger partial charge in [0.2, 0.25) is 0 Å². The van der Waals surface area contributed by atoms with Crippen LogP contribution in [0.5, 0.6) is 0 Å². The molecule has 2 rings (SSSR count). The van der Waals surface area contributed by atoms with Crippen LogP contribution in [-0.2, 0) is 6.54 Å². The van der Waals surface area contributed by atoms with Crippen molar-refractivity contribution < 1.29 is 13.6 Å². The fourth-order valence-electron chi connectivity index (χ4n) is 1.90. The maximum Gasteiger partial charge on any atom is 0.256 e. The fraction of sp³-hybridized carbons (Fsp3) is 0.133. The summed E-state index contributed by atoms with van der Waals surface area (Å²) in [5.74, 6) is -1.75. The first kappa shape index (κ1) is 15.3. The van der Waals surface area contributed by atoms with Crippen LogP contribution in [0.3, 0.4) is 0 Å². The quantitative estimate of drug-likeness (QED) is 0.882. The van der Waals surface area contributed by atoms with E-state index in [0.717, 1.165) is 12.1 Å². The van der Waals surface area contributed by atoms with Crippen molar-refractivity contribution in [1.29, 1.82) is 0 Å². The molecular weight excluding hydrogens is 298 g/mol. The van der Waals surface area contributed by atoms with Gasteiger partial charge < -0.3 is 10.6 Å². The maximum absolute atomic E-state index is 13.6. The van der Waals surface area contributed by atoms with Gasteiger partial charge in [0.05, 0.1) is 5.56 Å². The summed E-state index contributed by atoms with van der Waals surface area (Å²) >= 11 is 5.84. The van der Waals surface area contributed by atoms with Crippen molar-refractivity contribution in [1.82, 2.24) is 4.90 Å². The van der Waals surface area contributed by atoms with Gasteiger partial charge in [0.15, 0.2) is 0 Å². The Morgan fingerprint density at radius 1 is 1.24 bits per heavy atom. The number of carbonyl (C=O) groups excluding carboxylic acids is 1. The standard InChI is InChI=1S/C15H13ClF2N2O/c1-20(8-9-2-4-11(17)7-13(9)18)15(21)12-6-10(16)3-5-14(12)19/h2-7H,8,19H2,1H3. The molecule has 21 heavy (non-hydrogen) atoms. The molecule has 2 aromatic carbocycles. The van der Waals surface area contributed by atoms with Crippen molar-refractivity contribution in [2.75, 3.05) is 12.8 Å². The van der Waals surface area contributed by atoms with Crippen molar-refractivity contribution in [3.8, 4) is 0 Å². The number of rotatable bonds is 3. The number of nitrogens with two attached hydrogens (primary N) is 1. The number of amides is 1. The van der Waals surface area contributed by atoms with Crippen LogP contribution in [0.1, 0.15) is 15.9 Å². The van der Waals surface area contributed by atoms with E-state index in [0.29, 0.717) is 5.02 Å². The molecule has 0 bridgehead atoms. The largest absolute Gasteiger partial charge is 0.398 e. The van der Waals surface area contributed by atoms with Gasteiger partial charge in [-0.1, -0.05) is 17.7 Å². The third-order valence-electron chi connectivity index (χ3n) is 3.02. The molecule has 0 spiro atoms. The first-order chi connectivity index (χ1) is 9.88. The minimum Gasteiger partial charge on any atom is -0.398 e. The van der Waals surface area contributed by atoms with Crippen LogP contribution in [0, 0.1) is 11.6 Å². The van der Waals surface area contributed by atoms with Crippen molar-refractivity contribution in [3.63, 3.8) is 0 Å². The highest BCUT2D eigenvalue weighted by atomic mass is 35.5. The lowest BCUT2D eigenvalue weighted by Gasteiger charge is -2.19. The van der Waals surface area contributed by atoms with E-state index in [1.807, 2.05) is 0 Å². The van der Waals surface area contributed by atoms with Gasteiger partial charge in [0, 0.05) is 35.9 Å². The third kappa shape index (κ3) is 3.49. The molecule has 2 N–H and O–H groups in total. The Kier molecular flexibility index (Phi) is 4.43. The topological polar surface area (TPSA) is 46.3 Å².